The van der Waals surface area contributed by atoms with E-state index in [1.54, 1.807) is 0 Å². The van der Waals surface area contributed by atoms with Gasteiger partial charge in [-0.3, -0.25) is 0 Å². The first-order valence-electron chi connectivity index (χ1n) is 6.07. The summed E-state index contributed by atoms with van der Waals surface area (Å²) in [5, 5.41) is 3.57. The van der Waals surface area contributed by atoms with Crippen molar-refractivity contribution in [3.8, 4) is 0 Å². The van der Waals surface area contributed by atoms with Gasteiger partial charge in [-0.25, -0.2) is 0 Å². The van der Waals surface area contributed by atoms with Gasteiger partial charge in [0, 0.05) is 12.6 Å². The number of nitrogens with one attached hydrogen (secondary N) is 1. The molecular weight excluding hydrogens is 174 g/mol. The lowest BCUT2D eigenvalue weighted by atomic mass is 10.1. The summed E-state index contributed by atoms with van der Waals surface area (Å²) in [7, 11) is 0. The molecule has 0 aliphatic heterocycles. The molecule has 1 unspecified atom stereocenters. The van der Waals surface area contributed by atoms with Crippen LogP contribution in [0.15, 0.2) is 0 Å². The Morgan fingerprint density at radius 1 is 1.36 bits per heavy atom. The monoisotopic (exact) mass is 199 g/mol. The Kier molecular flexibility index (Phi) is 5.49. The van der Waals surface area contributed by atoms with E-state index >= 15 is 0 Å². The molecule has 0 aromatic heterocycles. The van der Waals surface area contributed by atoms with Crippen LogP contribution in [0, 0.1) is 5.92 Å². The maximum Gasteiger partial charge on any atom is 0.0594 e. The molecule has 0 aromatic rings. The second-order valence-electron chi connectivity index (χ2n) is 4.66. The molecule has 1 rings (SSSR count). The van der Waals surface area contributed by atoms with Crippen molar-refractivity contribution in [2.45, 2.75) is 58.6 Å². The third-order valence-corrected chi connectivity index (χ3v) is 2.79. The summed E-state index contributed by atoms with van der Waals surface area (Å²) >= 11 is 0. The van der Waals surface area contributed by atoms with Crippen molar-refractivity contribution in [3.05, 3.63) is 0 Å². The number of rotatable bonds is 8. The molecule has 0 bridgehead atoms. The standard InChI is InChI=1S/C12H25NO/c1-4-12(9-11-5-6-11)13-7-8-14-10(2)3/h10-13H,4-9H2,1-3H3. The molecule has 1 atom stereocenters. The summed E-state index contributed by atoms with van der Waals surface area (Å²) in [5.41, 5.74) is 0. The Bertz CT molecular complexity index is 143. The molecule has 0 heterocycles. The van der Waals surface area contributed by atoms with E-state index in [1.807, 2.05) is 0 Å². The highest BCUT2D eigenvalue weighted by Crippen LogP contribution is 2.33. The molecule has 0 aromatic carbocycles. The van der Waals surface area contributed by atoms with Crippen LogP contribution in [0.25, 0.3) is 0 Å². The van der Waals surface area contributed by atoms with Crippen molar-refractivity contribution in [2.75, 3.05) is 13.2 Å². The molecule has 1 saturated carbocycles. The van der Waals surface area contributed by atoms with Crippen LogP contribution < -0.4 is 5.32 Å². The Morgan fingerprint density at radius 3 is 2.57 bits per heavy atom. The zero-order chi connectivity index (χ0) is 10.4. The average molecular weight is 199 g/mol. The van der Waals surface area contributed by atoms with Crippen LogP contribution in [0.1, 0.15) is 46.5 Å². The minimum absolute atomic E-state index is 0.361. The fourth-order valence-electron chi connectivity index (χ4n) is 1.71. The molecule has 0 spiro atoms. The van der Waals surface area contributed by atoms with Crippen LogP contribution in [0.4, 0.5) is 0 Å². The minimum Gasteiger partial charge on any atom is -0.377 e. The fourth-order valence-corrected chi connectivity index (χ4v) is 1.71. The van der Waals surface area contributed by atoms with E-state index in [-0.39, 0.29) is 0 Å². The first-order chi connectivity index (χ1) is 6.72. The molecule has 2 nitrogen and oxygen atoms in total. The van der Waals surface area contributed by atoms with E-state index < -0.39 is 0 Å². The van der Waals surface area contributed by atoms with Crippen LogP contribution in [0.5, 0.6) is 0 Å². The molecule has 1 fully saturated rings. The van der Waals surface area contributed by atoms with Gasteiger partial charge in [-0.05, 0) is 32.6 Å². The minimum atomic E-state index is 0.361. The lowest BCUT2D eigenvalue weighted by Crippen LogP contribution is -2.32. The third-order valence-electron chi connectivity index (χ3n) is 2.79. The lowest BCUT2D eigenvalue weighted by molar-refractivity contribution is 0.0789. The van der Waals surface area contributed by atoms with E-state index in [2.05, 4.69) is 26.1 Å². The van der Waals surface area contributed by atoms with Gasteiger partial charge < -0.3 is 10.1 Å². The summed E-state index contributed by atoms with van der Waals surface area (Å²) < 4.78 is 5.49. The zero-order valence-electron chi connectivity index (χ0n) is 9.88. The molecule has 84 valence electrons. The van der Waals surface area contributed by atoms with E-state index in [0.717, 1.165) is 25.1 Å². The summed E-state index contributed by atoms with van der Waals surface area (Å²) in [6, 6.07) is 0.721. The van der Waals surface area contributed by atoms with Gasteiger partial charge in [0.05, 0.1) is 12.7 Å². The van der Waals surface area contributed by atoms with E-state index in [4.69, 9.17) is 4.74 Å². The van der Waals surface area contributed by atoms with Gasteiger partial charge >= 0.3 is 0 Å². The van der Waals surface area contributed by atoms with Crippen molar-refractivity contribution in [1.82, 2.24) is 5.32 Å². The van der Waals surface area contributed by atoms with Crippen molar-refractivity contribution in [1.29, 1.82) is 0 Å². The van der Waals surface area contributed by atoms with E-state index in [0.29, 0.717) is 6.10 Å². The Balaban J connectivity index is 1.96. The SMILES string of the molecule is CCC(CC1CC1)NCCOC(C)C. The quantitative estimate of drug-likeness (QED) is 0.607. The maximum absolute atomic E-state index is 5.49. The van der Waals surface area contributed by atoms with Crippen LogP contribution in [-0.2, 0) is 4.74 Å². The number of hydrogen-bond donors (Lipinski definition) is 1. The predicted molar refractivity (Wildman–Crippen MR) is 60.5 cm³/mol. The molecule has 0 saturated heterocycles. The highest BCUT2D eigenvalue weighted by Gasteiger charge is 2.24. The average Bonchev–Trinajstić information content (AvgIpc) is 2.93. The fraction of sp³-hybridized carbons (Fsp3) is 1.00. The van der Waals surface area contributed by atoms with Crippen LogP contribution >= 0.6 is 0 Å². The first-order valence-corrected chi connectivity index (χ1v) is 6.07. The van der Waals surface area contributed by atoms with Crippen LogP contribution in [-0.4, -0.2) is 25.3 Å². The van der Waals surface area contributed by atoms with Crippen molar-refractivity contribution >= 4 is 0 Å². The van der Waals surface area contributed by atoms with Gasteiger partial charge in [0.25, 0.3) is 0 Å². The lowest BCUT2D eigenvalue weighted by Gasteiger charge is -2.17. The van der Waals surface area contributed by atoms with Gasteiger partial charge in [-0.1, -0.05) is 19.8 Å². The van der Waals surface area contributed by atoms with Crippen molar-refractivity contribution < 1.29 is 4.74 Å². The largest absolute Gasteiger partial charge is 0.377 e. The van der Waals surface area contributed by atoms with Gasteiger partial charge in [-0.15, -0.1) is 0 Å². The van der Waals surface area contributed by atoms with Gasteiger partial charge in [0.2, 0.25) is 0 Å². The van der Waals surface area contributed by atoms with Gasteiger partial charge in [0.15, 0.2) is 0 Å². The Morgan fingerprint density at radius 2 is 2.07 bits per heavy atom. The van der Waals surface area contributed by atoms with E-state index in [9.17, 15) is 0 Å². The van der Waals surface area contributed by atoms with E-state index in [1.165, 1.54) is 25.7 Å². The molecular formula is C12H25NO. The second kappa shape index (κ2) is 6.41. The summed E-state index contributed by atoms with van der Waals surface area (Å²) in [5.74, 6) is 1.03. The Labute approximate surface area is 88.4 Å². The molecule has 1 aliphatic carbocycles. The highest BCUT2D eigenvalue weighted by molar-refractivity contribution is 4.79. The summed E-state index contributed by atoms with van der Waals surface area (Å²) in [6.07, 6.45) is 5.90. The maximum atomic E-state index is 5.49. The first kappa shape index (κ1) is 12.0. The van der Waals surface area contributed by atoms with Crippen LogP contribution in [0.2, 0.25) is 0 Å². The topological polar surface area (TPSA) is 21.3 Å². The number of hydrogen-bond acceptors (Lipinski definition) is 2. The molecule has 14 heavy (non-hydrogen) atoms. The van der Waals surface area contributed by atoms with Gasteiger partial charge in [0.1, 0.15) is 0 Å². The summed E-state index contributed by atoms with van der Waals surface area (Å²) in [6.45, 7) is 8.29. The Hall–Kier alpha value is -0.0800. The smallest absolute Gasteiger partial charge is 0.0594 e. The molecule has 0 radical (unpaired) electrons. The normalized spacial score (nSPS) is 18.9. The highest BCUT2D eigenvalue weighted by atomic mass is 16.5. The van der Waals surface area contributed by atoms with Gasteiger partial charge in [-0.2, -0.15) is 0 Å². The molecule has 2 heteroatoms. The molecule has 0 amide bonds. The second-order valence-corrected chi connectivity index (χ2v) is 4.66. The van der Waals surface area contributed by atoms with Crippen LogP contribution in [0.3, 0.4) is 0 Å². The summed E-state index contributed by atoms with van der Waals surface area (Å²) in [4.78, 5) is 0. The number of ether oxygens (including phenoxy) is 1. The molecule has 1 N–H and O–H groups in total. The predicted octanol–water partition coefficient (Wildman–Crippen LogP) is 2.58. The molecule has 1 aliphatic rings. The van der Waals surface area contributed by atoms with Crippen molar-refractivity contribution in [2.24, 2.45) is 5.92 Å². The zero-order valence-corrected chi connectivity index (χ0v) is 9.88. The third kappa shape index (κ3) is 5.61. The van der Waals surface area contributed by atoms with Crippen molar-refractivity contribution in [3.63, 3.8) is 0 Å².